The molecule has 7 heteroatoms. The molecule has 0 bridgehead atoms. The number of carbonyl (C=O) groups is 1. The number of benzene rings is 1. The summed E-state index contributed by atoms with van der Waals surface area (Å²) in [5, 5.41) is 12.6. The Morgan fingerprint density at radius 2 is 1.92 bits per heavy atom. The maximum atomic E-state index is 12.6. The van der Waals surface area contributed by atoms with Crippen molar-refractivity contribution in [1.82, 2.24) is 15.1 Å². The van der Waals surface area contributed by atoms with Crippen LogP contribution in [-0.4, -0.2) is 41.1 Å². The summed E-state index contributed by atoms with van der Waals surface area (Å²) in [6.07, 6.45) is 6.30. The van der Waals surface area contributed by atoms with Gasteiger partial charge in [-0.15, -0.1) is 10.2 Å². The molecule has 25 heavy (non-hydrogen) atoms. The quantitative estimate of drug-likeness (QED) is 0.766. The van der Waals surface area contributed by atoms with Gasteiger partial charge in [0.2, 0.25) is 11.0 Å². The standard InChI is InChI=1S/C18H24N4OS2/c1-22(2)16(23)15(13-9-5-3-6-10-13)24-18-21-20-17(25-18)19-14-11-7-4-8-12-14/h3,5-6,9-10,14-15H,4,7-8,11-12H2,1-2H3,(H,19,20)/t15-/m1/s1. The number of thioether (sulfide) groups is 1. The molecule has 5 nitrogen and oxygen atoms in total. The number of rotatable bonds is 6. The van der Waals surface area contributed by atoms with E-state index in [0.717, 1.165) is 15.0 Å². The number of aromatic nitrogens is 2. The van der Waals surface area contributed by atoms with Gasteiger partial charge in [-0.25, -0.2) is 0 Å². The molecule has 134 valence electrons. The van der Waals surface area contributed by atoms with Crippen LogP contribution in [0, 0.1) is 0 Å². The lowest BCUT2D eigenvalue weighted by Crippen LogP contribution is -2.26. The highest BCUT2D eigenvalue weighted by molar-refractivity contribution is 8.01. The van der Waals surface area contributed by atoms with Gasteiger partial charge in [0.1, 0.15) is 5.25 Å². The van der Waals surface area contributed by atoms with E-state index in [1.54, 1.807) is 19.0 Å². The molecular formula is C18H24N4OS2. The molecule has 1 saturated carbocycles. The van der Waals surface area contributed by atoms with Crippen LogP contribution in [0.5, 0.6) is 0 Å². The van der Waals surface area contributed by atoms with Gasteiger partial charge in [0, 0.05) is 20.1 Å². The Morgan fingerprint density at radius 1 is 1.20 bits per heavy atom. The van der Waals surface area contributed by atoms with Crippen LogP contribution >= 0.6 is 23.1 Å². The molecule has 1 N–H and O–H groups in total. The van der Waals surface area contributed by atoms with Gasteiger partial charge in [-0.3, -0.25) is 4.79 Å². The van der Waals surface area contributed by atoms with E-state index in [-0.39, 0.29) is 11.2 Å². The summed E-state index contributed by atoms with van der Waals surface area (Å²) in [5.74, 6) is 0.0631. The van der Waals surface area contributed by atoms with Crippen LogP contribution in [0.2, 0.25) is 0 Å². The molecule has 0 unspecified atom stereocenters. The van der Waals surface area contributed by atoms with Crippen molar-refractivity contribution in [2.45, 2.75) is 47.7 Å². The van der Waals surface area contributed by atoms with Gasteiger partial charge in [-0.05, 0) is 18.4 Å². The van der Waals surface area contributed by atoms with E-state index in [2.05, 4.69) is 15.5 Å². The second-order valence-electron chi connectivity index (χ2n) is 6.49. The van der Waals surface area contributed by atoms with Crippen LogP contribution in [0.3, 0.4) is 0 Å². The molecule has 1 atom stereocenters. The summed E-state index contributed by atoms with van der Waals surface area (Å²) in [5.41, 5.74) is 0.989. The Bertz CT molecular complexity index is 683. The maximum Gasteiger partial charge on any atom is 0.240 e. The highest BCUT2D eigenvalue weighted by Crippen LogP contribution is 2.39. The summed E-state index contributed by atoms with van der Waals surface area (Å²) in [4.78, 5) is 14.2. The lowest BCUT2D eigenvalue weighted by Gasteiger charge is -2.21. The summed E-state index contributed by atoms with van der Waals surface area (Å²) in [7, 11) is 3.57. The van der Waals surface area contributed by atoms with E-state index in [4.69, 9.17) is 0 Å². The van der Waals surface area contributed by atoms with Crippen molar-refractivity contribution >= 4 is 34.1 Å². The van der Waals surface area contributed by atoms with Gasteiger partial charge in [-0.2, -0.15) is 0 Å². The van der Waals surface area contributed by atoms with Crippen LogP contribution in [0.1, 0.15) is 42.9 Å². The van der Waals surface area contributed by atoms with Crippen molar-refractivity contribution in [2.24, 2.45) is 0 Å². The van der Waals surface area contributed by atoms with Crippen molar-refractivity contribution in [3.63, 3.8) is 0 Å². The van der Waals surface area contributed by atoms with Gasteiger partial charge < -0.3 is 10.2 Å². The molecule has 2 aromatic rings. The summed E-state index contributed by atoms with van der Waals surface area (Å²) >= 11 is 3.01. The lowest BCUT2D eigenvalue weighted by atomic mass is 9.96. The van der Waals surface area contributed by atoms with E-state index < -0.39 is 0 Å². The van der Waals surface area contributed by atoms with Gasteiger partial charge in [0.05, 0.1) is 0 Å². The Morgan fingerprint density at radius 3 is 2.60 bits per heavy atom. The summed E-state index contributed by atoms with van der Waals surface area (Å²) < 4.78 is 0.822. The number of anilines is 1. The Labute approximate surface area is 157 Å². The summed E-state index contributed by atoms with van der Waals surface area (Å²) in [6.45, 7) is 0. The number of likely N-dealkylation sites (N-methyl/N-ethyl adjacent to an activating group) is 1. The van der Waals surface area contributed by atoms with Crippen LogP contribution in [0.4, 0.5) is 5.13 Å². The minimum Gasteiger partial charge on any atom is -0.357 e. The van der Waals surface area contributed by atoms with Crippen molar-refractivity contribution in [3.05, 3.63) is 35.9 Å². The number of nitrogens with zero attached hydrogens (tertiary/aromatic N) is 3. The van der Waals surface area contributed by atoms with E-state index in [1.807, 2.05) is 30.3 Å². The second kappa shape index (κ2) is 8.67. The number of amides is 1. The zero-order valence-electron chi connectivity index (χ0n) is 14.6. The second-order valence-corrected chi connectivity index (χ2v) is 8.82. The van der Waals surface area contributed by atoms with Crippen molar-refractivity contribution in [2.75, 3.05) is 19.4 Å². The predicted octanol–water partition coefficient (Wildman–Crippen LogP) is 4.20. The van der Waals surface area contributed by atoms with Crippen LogP contribution in [0.25, 0.3) is 0 Å². The molecule has 1 aliphatic carbocycles. The van der Waals surface area contributed by atoms with Gasteiger partial charge in [0.15, 0.2) is 4.34 Å². The molecule has 1 fully saturated rings. The van der Waals surface area contributed by atoms with Crippen LogP contribution < -0.4 is 5.32 Å². The molecule has 1 aliphatic rings. The van der Waals surface area contributed by atoms with Gasteiger partial charge in [-0.1, -0.05) is 72.7 Å². The van der Waals surface area contributed by atoms with E-state index in [0.29, 0.717) is 6.04 Å². The Hall–Kier alpha value is -1.60. The molecule has 0 aliphatic heterocycles. The normalized spacial score (nSPS) is 16.4. The smallest absolute Gasteiger partial charge is 0.240 e. The molecule has 0 radical (unpaired) electrons. The first-order chi connectivity index (χ1) is 12.1. The molecule has 1 aromatic carbocycles. The van der Waals surface area contributed by atoms with E-state index >= 15 is 0 Å². The SMILES string of the molecule is CN(C)C(=O)[C@H](Sc1nnc(NC2CCCCC2)s1)c1ccccc1. The van der Waals surface area contributed by atoms with Crippen molar-refractivity contribution in [1.29, 1.82) is 0 Å². The van der Waals surface area contributed by atoms with Gasteiger partial charge >= 0.3 is 0 Å². The number of nitrogens with one attached hydrogen (secondary N) is 1. The van der Waals surface area contributed by atoms with Crippen molar-refractivity contribution < 1.29 is 4.79 Å². The fraction of sp³-hybridized carbons (Fsp3) is 0.500. The van der Waals surface area contributed by atoms with E-state index in [1.165, 1.54) is 55.2 Å². The summed E-state index contributed by atoms with van der Waals surface area (Å²) in [6, 6.07) is 10.4. The first-order valence-corrected chi connectivity index (χ1v) is 10.4. The molecule has 1 amide bonds. The van der Waals surface area contributed by atoms with Crippen LogP contribution in [0.15, 0.2) is 34.7 Å². The third-order valence-electron chi connectivity index (χ3n) is 4.33. The fourth-order valence-corrected chi connectivity index (χ4v) is 5.13. The number of carbonyl (C=O) groups excluding carboxylic acids is 1. The third kappa shape index (κ3) is 4.95. The monoisotopic (exact) mass is 376 g/mol. The van der Waals surface area contributed by atoms with Gasteiger partial charge in [0.25, 0.3) is 0 Å². The first-order valence-electron chi connectivity index (χ1n) is 8.66. The molecule has 0 saturated heterocycles. The lowest BCUT2D eigenvalue weighted by molar-refractivity contribution is -0.128. The molecular weight excluding hydrogens is 352 g/mol. The maximum absolute atomic E-state index is 12.6. The molecule has 1 aromatic heterocycles. The average Bonchev–Trinajstić information content (AvgIpc) is 3.07. The third-order valence-corrected chi connectivity index (χ3v) is 6.51. The minimum atomic E-state index is -0.299. The van der Waals surface area contributed by atoms with E-state index in [9.17, 15) is 4.79 Å². The Balaban J connectivity index is 1.70. The largest absolute Gasteiger partial charge is 0.357 e. The first kappa shape index (κ1) is 18.2. The number of hydrogen-bond donors (Lipinski definition) is 1. The zero-order valence-corrected chi connectivity index (χ0v) is 16.3. The molecule has 1 heterocycles. The predicted molar refractivity (Wildman–Crippen MR) is 104 cm³/mol. The highest BCUT2D eigenvalue weighted by Gasteiger charge is 2.25. The Kier molecular flexibility index (Phi) is 6.31. The van der Waals surface area contributed by atoms with Crippen LogP contribution in [-0.2, 0) is 4.79 Å². The topological polar surface area (TPSA) is 58.1 Å². The zero-order chi connectivity index (χ0) is 17.6. The highest BCUT2D eigenvalue weighted by atomic mass is 32.2. The molecule has 0 spiro atoms. The average molecular weight is 377 g/mol. The fourth-order valence-electron chi connectivity index (χ4n) is 2.96. The van der Waals surface area contributed by atoms with Crippen molar-refractivity contribution in [3.8, 4) is 0 Å². The minimum absolute atomic E-state index is 0.0631. The molecule has 3 rings (SSSR count). The number of hydrogen-bond acceptors (Lipinski definition) is 6.